The van der Waals surface area contributed by atoms with Crippen molar-refractivity contribution in [2.24, 2.45) is 0 Å². The number of hydrogen-bond donors (Lipinski definition) is 2. The van der Waals surface area contributed by atoms with Crippen LogP contribution >= 0.6 is 0 Å². The Morgan fingerprint density at radius 3 is 2.70 bits per heavy atom. The maximum absolute atomic E-state index is 12.3. The lowest BCUT2D eigenvalue weighted by molar-refractivity contribution is -0.117. The molecule has 2 fully saturated rings. The van der Waals surface area contributed by atoms with Crippen molar-refractivity contribution in [1.82, 2.24) is 25.6 Å². The molecule has 8 heteroatoms. The molecule has 142 valence electrons. The molecule has 8 nitrogen and oxygen atoms in total. The first-order valence-electron chi connectivity index (χ1n) is 9.51. The van der Waals surface area contributed by atoms with E-state index >= 15 is 0 Å². The van der Waals surface area contributed by atoms with E-state index in [4.69, 9.17) is 0 Å². The molecular formula is C19H24N6O2. The zero-order chi connectivity index (χ0) is 18.6. The number of piperidine rings is 1. The minimum Gasteiger partial charge on any atom is -0.347 e. The van der Waals surface area contributed by atoms with Crippen LogP contribution in [0.5, 0.6) is 0 Å². The summed E-state index contributed by atoms with van der Waals surface area (Å²) in [5, 5.41) is 14.3. The van der Waals surface area contributed by atoms with Gasteiger partial charge in [-0.05, 0) is 50.0 Å². The predicted octanol–water partition coefficient (Wildman–Crippen LogP) is 1.26. The molecule has 0 bridgehead atoms. The van der Waals surface area contributed by atoms with Gasteiger partial charge in [0.2, 0.25) is 5.91 Å². The van der Waals surface area contributed by atoms with Crippen LogP contribution in [0.1, 0.15) is 47.8 Å². The molecule has 2 N–H and O–H groups in total. The maximum atomic E-state index is 12.3. The smallest absolute Gasteiger partial charge is 0.273 e. The highest BCUT2D eigenvalue weighted by atomic mass is 16.2. The number of carbonyl (C=O) groups is 2. The fourth-order valence-electron chi connectivity index (χ4n) is 3.62. The second-order valence-electron chi connectivity index (χ2n) is 7.06. The molecule has 2 amide bonds. The zero-order valence-corrected chi connectivity index (χ0v) is 15.2. The molecule has 2 aliphatic rings. The summed E-state index contributed by atoms with van der Waals surface area (Å²) < 4.78 is 1.80. The summed E-state index contributed by atoms with van der Waals surface area (Å²) in [6.45, 7) is 3.12. The van der Waals surface area contributed by atoms with Gasteiger partial charge in [0.1, 0.15) is 0 Å². The van der Waals surface area contributed by atoms with Crippen molar-refractivity contribution in [3.05, 3.63) is 41.7 Å². The summed E-state index contributed by atoms with van der Waals surface area (Å²) in [6, 6.07) is 8.04. The fraction of sp³-hybridized carbons (Fsp3) is 0.474. The highest BCUT2D eigenvalue weighted by Crippen LogP contribution is 2.21. The van der Waals surface area contributed by atoms with E-state index in [0.717, 1.165) is 50.1 Å². The van der Waals surface area contributed by atoms with Crippen LogP contribution < -0.4 is 15.5 Å². The molecular weight excluding hydrogens is 344 g/mol. The van der Waals surface area contributed by atoms with Crippen molar-refractivity contribution in [3.63, 3.8) is 0 Å². The molecule has 2 saturated heterocycles. The van der Waals surface area contributed by atoms with Gasteiger partial charge in [0.25, 0.3) is 5.91 Å². The number of anilines is 1. The third kappa shape index (κ3) is 4.00. The lowest BCUT2D eigenvalue weighted by atomic mass is 10.1. The summed E-state index contributed by atoms with van der Waals surface area (Å²) >= 11 is 0. The standard InChI is InChI=1S/C19H24N6O2/c26-18-2-1-11-24(18)15-5-3-14(4-6-15)12-21-19(27)17-13-25(23-22-17)16-7-9-20-10-8-16/h3-6,13,16,20H,1-2,7-12H2,(H,21,27). The molecule has 0 atom stereocenters. The van der Waals surface area contributed by atoms with Gasteiger partial charge in [0, 0.05) is 25.2 Å². The fourth-order valence-corrected chi connectivity index (χ4v) is 3.62. The second kappa shape index (κ2) is 7.87. The Bertz CT molecular complexity index is 810. The van der Waals surface area contributed by atoms with Crippen LogP contribution in [0.2, 0.25) is 0 Å². The van der Waals surface area contributed by atoms with E-state index < -0.39 is 0 Å². The largest absolute Gasteiger partial charge is 0.347 e. The quantitative estimate of drug-likeness (QED) is 0.829. The van der Waals surface area contributed by atoms with Crippen molar-refractivity contribution >= 4 is 17.5 Å². The number of benzene rings is 1. The monoisotopic (exact) mass is 368 g/mol. The van der Waals surface area contributed by atoms with Crippen molar-refractivity contribution in [2.75, 3.05) is 24.5 Å². The lowest BCUT2D eigenvalue weighted by Crippen LogP contribution is -2.29. The maximum Gasteiger partial charge on any atom is 0.273 e. The summed E-state index contributed by atoms with van der Waals surface area (Å²) in [5.74, 6) is -0.0538. The van der Waals surface area contributed by atoms with Crippen LogP contribution in [0.3, 0.4) is 0 Å². The highest BCUT2D eigenvalue weighted by Gasteiger charge is 2.21. The average molecular weight is 368 g/mol. The summed E-state index contributed by atoms with van der Waals surface area (Å²) in [4.78, 5) is 25.9. The number of nitrogens with zero attached hydrogens (tertiary/aromatic N) is 4. The Kier molecular flexibility index (Phi) is 5.15. The molecule has 1 aromatic carbocycles. The third-order valence-corrected chi connectivity index (χ3v) is 5.20. The van der Waals surface area contributed by atoms with E-state index in [1.54, 1.807) is 15.8 Å². The van der Waals surface area contributed by atoms with Crippen LogP contribution in [0.15, 0.2) is 30.5 Å². The van der Waals surface area contributed by atoms with Crippen LogP contribution in [-0.2, 0) is 11.3 Å². The number of carbonyl (C=O) groups excluding carboxylic acids is 2. The average Bonchev–Trinajstić information content (AvgIpc) is 3.37. The van der Waals surface area contributed by atoms with Crippen molar-refractivity contribution < 1.29 is 9.59 Å². The number of aromatic nitrogens is 3. The molecule has 4 rings (SSSR count). The molecule has 0 spiro atoms. The number of rotatable bonds is 5. The summed E-state index contributed by atoms with van der Waals surface area (Å²) in [6.07, 6.45) is 5.25. The predicted molar refractivity (Wildman–Crippen MR) is 100 cm³/mol. The first-order valence-corrected chi connectivity index (χ1v) is 9.51. The molecule has 27 heavy (non-hydrogen) atoms. The zero-order valence-electron chi connectivity index (χ0n) is 15.2. The van der Waals surface area contributed by atoms with Gasteiger partial charge in [-0.3, -0.25) is 9.59 Å². The van der Waals surface area contributed by atoms with E-state index in [0.29, 0.717) is 24.7 Å². The minimum absolute atomic E-state index is 0.174. The first kappa shape index (κ1) is 17.7. The normalized spacial score (nSPS) is 18.1. The Morgan fingerprint density at radius 2 is 2.00 bits per heavy atom. The first-order chi connectivity index (χ1) is 13.2. The van der Waals surface area contributed by atoms with E-state index in [2.05, 4.69) is 20.9 Å². The van der Waals surface area contributed by atoms with Crippen LogP contribution in [0.4, 0.5) is 5.69 Å². The van der Waals surface area contributed by atoms with E-state index in [9.17, 15) is 9.59 Å². The van der Waals surface area contributed by atoms with Gasteiger partial charge >= 0.3 is 0 Å². The molecule has 0 saturated carbocycles. The Morgan fingerprint density at radius 1 is 1.22 bits per heavy atom. The van der Waals surface area contributed by atoms with Gasteiger partial charge in [-0.2, -0.15) is 0 Å². The number of nitrogens with one attached hydrogen (secondary N) is 2. The number of hydrogen-bond acceptors (Lipinski definition) is 5. The van der Waals surface area contributed by atoms with Gasteiger partial charge < -0.3 is 15.5 Å². The molecule has 2 aromatic rings. The van der Waals surface area contributed by atoms with Crippen molar-refractivity contribution in [3.8, 4) is 0 Å². The molecule has 3 heterocycles. The Labute approximate surface area is 157 Å². The summed E-state index contributed by atoms with van der Waals surface area (Å²) in [5.41, 5.74) is 2.23. The molecule has 0 unspecified atom stereocenters. The highest BCUT2D eigenvalue weighted by molar-refractivity contribution is 5.95. The van der Waals surface area contributed by atoms with Crippen LogP contribution in [0.25, 0.3) is 0 Å². The third-order valence-electron chi connectivity index (χ3n) is 5.20. The van der Waals surface area contributed by atoms with E-state index in [1.807, 2.05) is 24.3 Å². The van der Waals surface area contributed by atoms with Gasteiger partial charge in [-0.25, -0.2) is 4.68 Å². The van der Waals surface area contributed by atoms with Gasteiger partial charge in [-0.15, -0.1) is 5.10 Å². The minimum atomic E-state index is -0.228. The summed E-state index contributed by atoms with van der Waals surface area (Å²) in [7, 11) is 0. The SMILES string of the molecule is O=C(NCc1ccc(N2CCCC2=O)cc1)c1cn(C2CCNCC2)nn1. The van der Waals surface area contributed by atoms with Crippen molar-refractivity contribution in [1.29, 1.82) is 0 Å². The van der Waals surface area contributed by atoms with Crippen LogP contribution in [-0.4, -0.2) is 46.4 Å². The van der Waals surface area contributed by atoms with E-state index in [1.165, 1.54) is 0 Å². The Hall–Kier alpha value is -2.74. The van der Waals surface area contributed by atoms with Gasteiger partial charge in [0.05, 0.1) is 12.2 Å². The molecule has 2 aliphatic heterocycles. The lowest BCUT2D eigenvalue weighted by Gasteiger charge is -2.22. The van der Waals surface area contributed by atoms with E-state index in [-0.39, 0.29) is 11.8 Å². The van der Waals surface area contributed by atoms with Gasteiger partial charge in [0.15, 0.2) is 5.69 Å². The van der Waals surface area contributed by atoms with Gasteiger partial charge in [-0.1, -0.05) is 17.3 Å². The second-order valence-corrected chi connectivity index (χ2v) is 7.06. The molecule has 0 aliphatic carbocycles. The Balaban J connectivity index is 1.32. The van der Waals surface area contributed by atoms with Crippen LogP contribution in [0, 0.1) is 0 Å². The molecule has 1 aromatic heterocycles. The number of amides is 2. The topological polar surface area (TPSA) is 92.2 Å². The van der Waals surface area contributed by atoms with Crippen molar-refractivity contribution in [2.45, 2.75) is 38.3 Å². The molecule has 0 radical (unpaired) electrons.